The summed E-state index contributed by atoms with van der Waals surface area (Å²) >= 11 is 1.73. The van der Waals surface area contributed by atoms with Gasteiger partial charge in [0.15, 0.2) is 0 Å². The van der Waals surface area contributed by atoms with Crippen molar-refractivity contribution in [2.45, 2.75) is 11.8 Å². The van der Waals surface area contributed by atoms with E-state index in [0.717, 1.165) is 36.9 Å². The van der Waals surface area contributed by atoms with Gasteiger partial charge in [0.05, 0.1) is 11.8 Å². The van der Waals surface area contributed by atoms with E-state index in [-0.39, 0.29) is 11.2 Å². The molecule has 1 N–H and O–H groups in total. The van der Waals surface area contributed by atoms with Gasteiger partial charge in [-0.15, -0.1) is 11.8 Å². The highest BCUT2D eigenvalue weighted by atomic mass is 32.2. The van der Waals surface area contributed by atoms with Crippen LogP contribution in [0.25, 0.3) is 0 Å². The Labute approximate surface area is 134 Å². The lowest BCUT2D eigenvalue weighted by molar-refractivity contribution is -0.116. The number of nitrogens with one attached hydrogen (secondary N) is 1. The molecule has 0 bridgehead atoms. The van der Waals surface area contributed by atoms with Crippen LogP contribution in [0.1, 0.15) is 5.82 Å². The first kappa shape index (κ1) is 15.1. The summed E-state index contributed by atoms with van der Waals surface area (Å²) in [7, 11) is 2.00. The van der Waals surface area contributed by atoms with Crippen molar-refractivity contribution in [2.75, 3.05) is 24.2 Å². The lowest BCUT2D eigenvalue weighted by atomic mass is 10.3. The Morgan fingerprint density at radius 1 is 1.41 bits per heavy atom. The van der Waals surface area contributed by atoms with E-state index < -0.39 is 0 Å². The maximum atomic E-state index is 12.4. The Bertz CT molecular complexity index is 628. The number of aromatic nitrogens is 2. The molecular formula is C16H20N4OS. The summed E-state index contributed by atoms with van der Waals surface area (Å²) < 4.78 is 2.03. The van der Waals surface area contributed by atoms with Crippen molar-refractivity contribution in [2.24, 2.45) is 7.05 Å². The van der Waals surface area contributed by atoms with Crippen LogP contribution in [0.15, 0.2) is 42.7 Å². The number of aryl methyl sites for hydroxylation is 1. The standard InChI is InChI=1S/C16H20N4OS/c1-19-8-7-17-15(19)12-20-9-10-22-14(11-20)16(21)18-13-5-3-2-4-6-13/h2-8,14H,9-12H2,1H3,(H,18,21). The van der Waals surface area contributed by atoms with Gasteiger partial charge < -0.3 is 9.88 Å². The van der Waals surface area contributed by atoms with Crippen LogP contribution in [0.5, 0.6) is 0 Å². The van der Waals surface area contributed by atoms with Crippen molar-refractivity contribution in [1.82, 2.24) is 14.5 Å². The summed E-state index contributed by atoms with van der Waals surface area (Å²) in [5.41, 5.74) is 0.856. The van der Waals surface area contributed by atoms with E-state index in [1.165, 1.54) is 0 Å². The molecule has 1 unspecified atom stereocenters. The second-order valence-corrected chi connectivity index (χ2v) is 6.71. The van der Waals surface area contributed by atoms with Gasteiger partial charge in [-0.05, 0) is 12.1 Å². The molecule has 3 rings (SSSR count). The molecule has 1 aliphatic heterocycles. The van der Waals surface area contributed by atoms with Crippen LogP contribution in [0, 0.1) is 0 Å². The van der Waals surface area contributed by atoms with Gasteiger partial charge in [0.25, 0.3) is 0 Å². The molecule has 5 nitrogen and oxygen atoms in total. The molecule has 0 saturated carbocycles. The van der Waals surface area contributed by atoms with Crippen LogP contribution in [0.2, 0.25) is 0 Å². The topological polar surface area (TPSA) is 50.2 Å². The molecule has 0 aliphatic carbocycles. The second-order valence-electron chi connectivity index (χ2n) is 5.40. The minimum Gasteiger partial charge on any atom is -0.337 e. The number of hydrogen-bond acceptors (Lipinski definition) is 4. The average Bonchev–Trinajstić information content (AvgIpc) is 2.94. The van der Waals surface area contributed by atoms with Gasteiger partial charge >= 0.3 is 0 Å². The van der Waals surface area contributed by atoms with Gasteiger partial charge in [-0.2, -0.15) is 0 Å². The van der Waals surface area contributed by atoms with E-state index in [4.69, 9.17) is 0 Å². The van der Waals surface area contributed by atoms with Crippen LogP contribution in [-0.2, 0) is 18.4 Å². The molecule has 1 atom stereocenters. The first-order valence-corrected chi connectivity index (χ1v) is 8.43. The third-order valence-corrected chi connectivity index (χ3v) is 4.95. The van der Waals surface area contributed by atoms with Crippen LogP contribution in [0.3, 0.4) is 0 Å². The third kappa shape index (κ3) is 3.69. The van der Waals surface area contributed by atoms with Crippen LogP contribution in [0.4, 0.5) is 5.69 Å². The SMILES string of the molecule is Cn1ccnc1CN1CCSC(C(=O)Nc2ccccc2)C1. The molecule has 2 aromatic rings. The molecule has 0 radical (unpaired) electrons. The van der Waals surface area contributed by atoms with Crippen molar-refractivity contribution < 1.29 is 4.79 Å². The predicted octanol–water partition coefficient (Wildman–Crippen LogP) is 1.98. The van der Waals surface area contributed by atoms with Gasteiger partial charge in [-0.3, -0.25) is 9.69 Å². The summed E-state index contributed by atoms with van der Waals surface area (Å²) in [6, 6.07) is 9.63. The normalized spacial score (nSPS) is 19.0. The quantitative estimate of drug-likeness (QED) is 0.937. The molecule has 6 heteroatoms. The Balaban J connectivity index is 1.58. The van der Waals surface area contributed by atoms with Crippen molar-refractivity contribution >= 4 is 23.4 Å². The summed E-state index contributed by atoms with van der Waals surface area (Å²) in [6.07, 6.45) is 3.77. The molecule has 1 amide bonds. The lowest BCUT2D eigenvalue weighted by Crippen LogP contribution is -2.43. The van der Waals surface area contributed by atoms with Gasteiger partial charge in [-0.1, -0.05) is 18.2 Å². The van der Waals surface area contributed by atoms with Crippen molar-refractivity contribution in [3.05, 3.63) is 48.5 Å². The fourth-order valence-electron chi connectivity index (χ4n) is 2.50. The molecule has 22 heavy (non-hydrogen) atoms. The van der Waals surface area contributed by atoms with Gasteiger partial charge in [0.1, 0.15) is 5.82 Å². The van der Waals surface area contributed by atoms with Crippen LogP contribution < -0.4 is 5.32 Å². The maximum absolute atomic E-state index is 12.4. The maximum Gasteiger partial charge on any atom is 0.238 e. The highest BCUT2D eigenvalue weighted by molar-refractivity contribution is 8.00. The number of hydrogen-bond donors (Lipinski definition) is 1. The molecule has 1 aromatic heterocycles. The Morgan fingerprint density at radius 2 is 2.23 bits per heavy atom. The zero-order valence-electron chi connectivity index (χ0n) is 12.6. The number of thioether (sulfide) groups is 1. The van der Waals surface area contributed by atoms with Gasteiger partial charge in [0, 0.05) is 44.0 Å². The first-order valence-electron chi connectivity index (χ1n) is 7.38. The fraction of sp³-hybridized carbons (Fsp3) is 0.375. The van der Waals surface area contributed by atoms with E-state index in [1.807, 2.05) is 54.3 Å². The molecule has 116 valence electrons. The summed E-state index contributed by atoms with van der Waals surface area (Å²) in [4.78, 5) is 19.1. The Hall–Kier alpha value is -1.79. The number of amides is 1. The number of nitrogens with zero attached hydrogens (tertiary/aromatic N) is 3. The molecule has 0 spiro atoms. The van der Waals surface area contributed by atoms with Crippen molar-refractivity contribution in [3.63, 3.8) is 0 Å². The van der Waals surface area contributed by atoms with E-state index in [0.29, 0.717) is 0 Å². The van der Waals surface area contributed by atoms with Gasteiger partial charge in [0.2, 0.25) is 5.91 Å². The summed E-state index contributed by atoms with van der Waals surface area (Å²) in [5.74, 6) is 2.09. The molecular weight excluding hydrogens is 296 g/mol. The monoisotopic (exact) mass is 316 g/mol. The second kappa shape index (κ2) is 6.98. The number of carbonyl (C=O) groups is 1. The zero-order chi connectivity index (χ0) is 15.4. The van der Waals surface area contributed by atoms with E-state index in [1.54, 1.807) is 11.8 Å². The highest BCUT2D eigenvalue weighted by Gasteiger charge is 2.27. The van der Waals surface area contributed by atoms with E-state index in [9.17, 15) is 4.79 Å². The number of anilines is 1. The number of carbonyl (C=O) groups excluding carboxylic acids is 1. The molecule has 1 aliphatic rings. The average molecular weight is 316 g/mol. The molecule has 1 fully saturated rings. The van der Waals surface area contributed by atoms with Gasteiger partial charge in [-0.25, -0.2) is 4.98 Å². The fourth-order valence-corrected chi connectivity index (χ4v) is 3.67. The third-order valence-electron chi connectivity index (χ3n) is 3.77. The largest absolute Gasteiger partial charge is 0.337 e. The summed E-state index contributed by atoms with van der Waals surface area (Å²) in [6.45, 7) is 2.54. The van der Waals surface area contributed by atoms with E-state index >= 15 is 0 Å². The molecule has 1 aromatic carbocycles. The number of imidazole rings is 1. The molecule has 2 heterocycles. The number of benzene rings is 1. The summed E-state index contributed by atoms with van der Waals surface area (Å²) in [5, 5.41) is 2.96. The smallest absolute Gasteiger partial charge is 0.238 e. The van der Waals surface area contributed by atoms with Crippen LogP contribution >= 0.6 is 11.8 Å². The highest BCUT2D eigenvalue weighted by Crippen LogP contribution is 2.21. The lowest BCUT2D eigenvalue weighted by Gasteiger charge is -2.31. The van der Waals surface area contributed by atoms with Crippen molar-refractivity contribution in [1.29, 1.82) is 0 Å². The minimum atomic E-state index is -0.0331. The first-order chi connectivity index (χ1) is 10.7. The molecule has 1 saturated heterocycles. The van der Waals surface area contributed by atoms with E-state index in [2.05, 4.69) is 15.2 Å². The number of para-hydroxylation sites is 1. The number of rotatable bonds is 4. The predicted molar refractivity (Wildman–Crippen MR) is 89.8 cm³/mol. The van der Waals surface area contributed by atoms with Crippen LogP contribution in [-0.4, -0.2) is 44.5 Å². The Morgan fingerprint density at radius 3 is 2.95 bits per heavy atom. The zero-order valence-corrected chi connectivity index (χ0v) is 13.4. The van der Waals surface area contributed by atoms with Crippen molar-refractivity contribution in [3.8, 4) is 0 Å². The Kier molecular flexibility index (Phi) is 4.80. The minimum absolute atomic E-state index is 0.0331.